The Bertz CT molecular complexity index is 213. The number of nitrogens with one attached hydrogen (secondary N) is 1. The third kappa shape index (κ3) is 2.47. The molecule has 1 aliphatic carbocycles. The van der Waals surface area contributed by atoms with E-state index in [9.17, 15) is 4.79 Å². The topological polar surface area (TPSA) is 32.3 Å². The molecule has 2 fully saturated rings. The first-order valence-corrected chi connectivity index (χ1v) is 5.80. The highest BCUT2D eigenvalue weighted by Gasteiger charge is 2.34. The first-order chi connectivity index (χ1) is 6.79. The van der Waals surface area contributed by atoms with Crippen LogP contribution in [0.15, 0.2) is 0 Å². The average Bonchev–Trinajstić information content (AvgIpc) is 2.95. The van der Waals surface area contributed by atoms with E-state index in [1.54, 1.807) is 0 Å². The number of carbonyl (C=O) groups excluding carboxylic acids is 1. The molecule has 1 atom stereocenters. The van der Waals surface area contributed by atoms with E-state index in [0.29, 0.717) is 12.3 Å². The van der Waals surface area contributed by atoms with Gasteiger partial charge in [0, 0.05) is 25.6 Å². The van der Waals surface area contributed by atoms with Crippen molar-refractivity contribution < 1.29 is 4.79 Å². The molecule has 0 spiro atoms. The molecule has 0 aromatic heterocycles. The van der Waals surface area contributed by atoms with Gasteiger partial charge in [-0.25, -0.2) is 0 Å². The number of hydrogen-bond donors (Lipinski definition) is 1. The van der Waals surface area contributed by atoms with Gasteiger partial charge in [0.1, 0.15) is 0 Å². The SMILES string of the molecule is CCC(=O)NC[C@@H]1CCN(C2CC2)C1. The van der Waals surface area contributed by atoms with Crippen LogP contribution in [-0.4, -0.2) is 36.5 Å². The van der Waals surface area contributed by atoms with Crippen LogP contribution < -0.4 is 5.32 Å². The van der Waals surface area contributed by atoms with Crippen LogP contribution in [0.5, 0.6) is 0 Å². The first kappa shape index (κ1) is 9.97. The van der Waals surface area contributed by atoms with Crippen molar-refractivity contribution in [3.05, 3.63) is 0 Å². The predicted octanol–water partition coefficient (Wildman–Crippen LogP) is 0.997. The van der Waals surface area contributed by atoms with E-state index in [-0.39, 0.29) is 5.91 Å². The fourth-order valence-corrected chi connectivity index (χ4v) is 2.18. The molecule has 1 N–H and O–H groups in total. The lowest BCUT2D eigenvalue weighted by Gasteiger charge is -2.14. The van der Waals surface area contributed by atoms with Crippen LogP contribution in [0.4, 0.5) is 0 Å². The molecule has 1 saturated carbocycles. The number of carbonyl (C=O) groups is 1. The Balaban J connectivity index is 1.65. The van der Waals surface area contributed by atoms with Crippen LogP contribution in [-0.2, 0) is 4.79 Å². The molecule has 3 nitrogen and oxygen atoms in total. The van der Waals surface area contributed by atoms with Gasteiger partial charge in [-0.15, -0.1) is 0 Å². The summed E-state index contributed by atoms with van der Waals surface area (Å²) < 4.78 is 0. The fourth-order valence-electron chi connectivity index (χ4n) is 2.18. The fraction of sp³-hybridized carbons (Fsp3) is 0.909. The monoisotopic (exact) mass is 196 g/mol. The van der Waals surface area contributed by atoms with Crippen LogP contribution in [0.25, 0.3) is 0 Å². The standard InChI is InChI=1S/C11H20N2O/c1-2-11(14)12-7-9-5-6-13(8-9)10-3-4-10/h9-10H,2-8H2,1H3,(H,12,14)/t9-/m0/s1. The number of amides is 1. The van der Waals surface area contributed by atoms with Gasteiger partial charge in [0.05, 0.1) is 0 Å². The summed E-state index contributed by atoms with van der Waals surface area (Å²) in [5, 5.41) is 2.99. The molecule has 80 valence electrons. The van der Waals surface area contributed by atoms with Gasteiger partial charge < -0.3 is 10.2 Å². The molecule has 1 heterocycles. The largest absolute Gasteiger partial charge is 0.356 e. The van der Waals surface area contributed by atoms with Gasteiger partial charge in [-0.2, -0.15) is 0 Å². The third-order valence-corrected chi connectivity index (χ3v) is 3.29. The minimum absolute atomic E-state index is 0.190. The molecule has 1 aliphatic heterocycles. The number of likely N-dealkylation sites (tertiary alicyclic amines) is 1. The molecule has 1 saturated heterocycles. The maximum Gasteiger partial charge on any atom is 0.219 e. The molecule has 14 heavy (non-hydrogen) atoms. The lowest BCUT2D eigenvalue weighted by molar-refractivity contribution is -0.120. The lowest BCUT2D eigenvalue weighted by Crippen LogP contribution is -2.30. The highest BCUT2D eigenvalue weighted by molar-refractivity contribution is 5.75. The van der Waals surface area contributed by atoms with Crippen LogP contribution in [0.2, 0.25) is 0 Å². The van der Waals surface area contributed by atoms with Crippen molar-refractivity contribution in [3.63, 3.8) is 0 Å². The highest BCUT2D eigenvalue weighted by atomic mass is 16.1. The summed E-state index contributed by atoms with van der Waals surface area (Å²) in [4.78, 5) is 13.7. The number of hydrogen-bond acceptors (Lipinski definition) is 2. The quantitative estimate of drug-likeness (QED) is 0.727. The summed E-state index contributed by atoms with van der Waals surface area (Å²) in [6, 6.07) is 0.891. The van der Waals surface area contributed by atoms with Gasteiger partial charge in [0.25, 0.3) is 0 Å². The van der Waals surface area contributed by atoms with Gasteiger partial charge in [0.15, 0.2) is 0 Å². The van der Waals surface area contributed by atoms with E-state index in [1.807, 2.05) is 6.92 Å². The third-order valence-electron chi connectivity index (χ3n) is 3.29. The van der Waals surface area contributed by atoms with Gasteiger partial charge >= 0.3 is 0 Å². The second-order valence-electron chi connectivity index (χ2n) is 4.54. The molecule has 0 aromatic rings. The smallest absolute Gasteiger partial charge is 0.219 e. The van der Waals surface area contributed by atoms with Crippen LogP contribution in [0.1, 0.15) is 32.6 Å². The Morgan fingerprint density at radius 3 is 2.86 bits per heavy atom. The first-order valence-electron chi connectivity index (χ1n) is 5.80. The Morgan fingerprint density at radius 1 is 1.43 bits per heavy atom. The van der Waals surface area contributed by atoms with Crippen LogP contribution in [0.3, 0.4) is 0 Å². The molecule has 1 amide bonds. The molecule has 0 aromatic carbocycles. The van der Waals surface area contributed by atoms with Crippen LogP contribution in [0, 0.1) is 5.92 Å². The molecule has 3 heteroatoms. The molecule has 0 bridgehead atoms. The van der Waals surface area contributed by atoms with Gasteiger partial charge in [-0.3, -0.25) is 4.79 Å². The zero-order valence-corrected chi connectivity index (χ0v) is 8.96. The molecule has 2 rings (SSSR count). The van der Waals surface area contributed by atoms with Crippen molar-refractivity contribution in [2.75, 3.05) is 19.6 Å². The molecule has 2 aliphatic rings. The summed E-state index contributed by atoms with van der Waals surface area (Å²) in [5.74, 6) is 0.890. The second kappa shape index (κ2) is 4.30. The van der Waals surface area contributed by atoms with E-state index in [0.717, 1.165) is 12.6 Å². The average molecular weight is 196 g/mol. The summed E-state index contributed by atoms with van der Waals surface area (Å²) >= 11 is 0. The molecule has 0 radical (unpaired) electrons. The van der Waals surface area contributed by atoms with E-state index in [4.69, 9.17) is 0 Å². The lowest BCUT2D eigenvalue weighted by atomic mass is 10.1. The molecular weight excluding hydrogens is 176 g/mol. The minimum Gasteiger partial charge on any atom is -0.356 e. The van der Waals surface area contributed by atoms with E-state index in [2.05, 4.69) is 10.2 Å². The Labute approximate surface area is 85.8 Å². The van der Waals surface area contributed by atoms with Crippen molar-refractivity contribution in [1.29, 1.82) is 0 Å². The molecule has 0 unspecified atom stereocenters. The maximum absolute atomic E-state index is 11.1. The van der Waals surface area contributed by atoms with Gasteiger partial charge in [0.2, 0.25) is 5.91 Å². The Hall–Kier alpha value is -0.570. The molecular formula is C11H20N2O. The van der Waals surface area contributed by atoms with E-state index in [1.165, 1.54) is 32.4 Å². The van der Waals surface area contributed by atoms with Crippen LogP contribution >= 0.6 is 0 Å². The van der Waals surface area contributed by atoms with Gasteiger partial charge in [-0.1, -0.05) is 6.92 Å². The maximum atomic E-state index is 11.1. The van der Waals surface area contributed by atoms with Crippen molar-refractivity contribution in [2.24, 2.45) is 5.92 Å². The predicted molar refractivity (Wildman–Crippen MR) is 56.0 cm³/mol. The summed E-state index contributed by atoms with van der Waals surface area (Å²) in [6.45, 7) is 5.24. The van der Waals surface area contributed by atoms with Crippen molar-refractivity contribution >= 4 is 5.91 Å². The van der Waals surface area contributed by atoms with Crippen molar-refractivity contribution in [1.82, 2.24) is 10.2 Å². The summed E-state index contributed by atoms with van der Waals surface area (Å²) in [6.07, 6.45) is 4.67. The Kier molecular flexibility index (Phi) is 3.06. The zero-order chi connectivity index (χ0) is 9.97. The van der Waals surface area contributed by atoms with E-state index < -0.39 is 0 Å². The van der Waals surface area contributed by atoms with Crippen molar-refractivity contribution in [2.45, 2.75) is 38.6 Å². The van der Waals surface area contributed by atoms with Crippen molar-refractivity contribution in [3.8, 4) is 0 Å². The number of nitrogens with zero attached hydrogens (tertiary/aromatic N) is 1. The van der Waals surface area contributed by atoms with E-state index >= 15 is 0 Å². The van der Waals surface area contributed by atoms with Gasteiger partial charge in [-0.05, 0) is 31.7 Å². The summed E-state index contributed by atoms with van der Waals surface area (Å²) in [5.41, 5.74) is 0. The highest BCUT2D eigenvalue weighted by Crippen LogP contribution is 2.31. The summed E-state index contributed by atoms with van der Waals surface area (Å²) in [7, 11) is 0. The Morgan fingerprint density at radius 2 is 2.21 bits per heavy atom. The zero-order valence-electron chi connectivity index (χ0n) is 8.96. The second-order valence-corrected chi connectivity index (χ2v) is 4.54. The number of rotatable bonds is 4. The normalized spacial score (nSPS) is 27.9. The minimum atomic E-state index is 0.190.